The first-order chi connectivity index (χ1) is 39.5. The van der Waals surface area contributed by atoms with Crippen LogP contribution in [0.1, 0.15) is 11.1 Å². The summed E-state index contributed by atoms with van der Waals surface area (Å²) >= 11 is 0. The molecule has 13 rings (SSSR count). The maximum Gasteiger partial charge on any atom is 0.0708 e. The van der Waals surface area contributed by atoms with E-state index in [1.807, 2.05) is 18.6 Å². The summed E-state index contributed by atoms with van der Waals surface area (Å²) in [5.41, 5.74) is 29.0. The van der Waals surface area contributed by atoms with Crippen LogP contribution >= 0.6 is 0 Å². The van der Waals surface area contributed by atoms with Crippen molar-refractivity contribution in [1.82, 2.24) is 15.0 Å². The smallest absolute Gasteiger partial charge is 0.0708 e. The number of benzene rings is 10. The fourth-order valence-corrected chi connectivity index (χ4v) is 11.0. The average molecular weight is 1020 g/mol. The Morgan fingerprint density at radius 2 is 0.450 bits per heavy atom. The molecule has 0 amide bonds. The number of hydrogen-bond donors (Lipinski definition) is 0. The maximum absolute atomic E-state index is 5.12. The Labute approximate surface area is 469 Å². The number of aromatic nitrogens is 3. The van der Waals surface area contributed by atoms with Gasteiger partial charge in [-0.3, -0.25) is 15.0 Å². The van der Waals surface area contributed by atoms with Gasteiger partial charge in [0.1, 0.15) is 0 Å². The Bertz CT molecular complexity index is 4130. The predicted octanol–water partition coefficient (Wildman–Crippen LogP) is 20.5. The van der Waals surface area contributed by atoms with Gasteiger partial charge in [-0.25, -0.2) is 0 Å². The van der Waals surface area contributed by atoms with Gasteiger partial charge in [-0.2, -0.15) is 0 Å². The highest BCUT2D eigenvalue weighted by Crippen LogP contribution is 2.43. The lowest BCUT2D eigenvalue weighted by Gasteiger charge is -2.18. The van der Waals surface area contributed by atoms with Crippen LogP contribution < -0.4 is 0 Å². The predicted molar refractivity (Wildman–Crippen MR) is 335 cm³/mol. The molecule has 0 bridgehead atoms. The van der Waals surface area contributed by atoms with E-state index in [1.54, 1.807) is 0 Å². The van der Waals surface area contributed by atoms with Gasteiger partial charge in [0, 0.05) is 40.8 Å². The summed E-state index contributed by atoms with van der Waals surface area (Å²) in [6, 6.07) is 101. The molecule has 0 fully saturated rings. The van der Waals surface area contributed by atoms with Gasteiger partial charge in [-0.05, 0) is 156 Å². The fraction of sp³-hybridized carbons (Fsp3) is 0.0260. The second-order valence-electron chi connectivity index (χ2n) is 20.5. The van der Waals surface area contributed by atoms with E-state index in [-0.39, 0.29) is 0 Å². The Morgan fingerprint density at radius 3 is 0.825 bits per heavy atom. The van der Waals surface area contributed by atoms with Crippen LogP contribution in [0.2, 0.25) is 0 Å². The lowest BCUT2D eigenvalue weighted by molar-refractivity contribution is 1.27. The van der Waals surface area contributed by atoms with E-state index < -0.39 is 0 Å². The molecule has 0 N–H and O–H groups in total. The van der Waals surface area contributed by atoms with Gasteiger partial charge in [0.15, 0.2) is 0 Å². The molecule has 10 aromatic carbocycles. The summed E-state index contributed by atoms with van der Waals surface area (Å²) in [4.78, 5) is 14.6. The Kier molecular flexibility index (Phi) is 13.5. The highest BCUT2D eigenvalue weighted by Gasteiger charge is 2.18. The molecule has 0 aliphatic carbocycles. The van der Waals surface area contributed by atoms with Crippen LogP contribution in [0.3, 0.4) is 0 Å². The third-order valence-corrected chi connectivity index (χ3v) is 15.2. The molecule has 378 valence electrons. The molecule has 0 spiro atoms. The van der Waals surface area contributed by atoms with Crippen LogP contribution in [0.15, 0.2) is 298 Å². The molecule has 3 heteroatoms. The number of nitrogens with zero attached hydrogens (tertiary/aromatic N) is 3. The highest BCUT2D eigenvalue weighted by molar-refractivity contribution is 5.95. The fourth-order valence-electron chi connectivity index (χ4n) is 11.0. The monoisotopic (exact) mass is 1020 g/mol. The maximum atomic E-state index is 5.12. The SMILES string of the molecule is Cc1ccc(-c2ccc(-c3ccccc3-c3cc(-c4ccccc4-c4ccc(-c5ccc(C)cn5)cc4)cc(-c4ccccc4-c4ccc(-c5cc(-c6ccc(-c7ccccc7)cc6)c(-c6ccccc6)cn5)cc4)c3)cc2)nc1. The van der Waals surface area contributed by atoms with Crippen molar-refractivity contribution in [2.75, 3.05) is 0 Å². The molecule has 0 saturated carbocycles. The first kappa shape index (κ1) is 49.2. The molecule has 0 aliphatic heterocycles. The van der Waals surface area contributed by atoms with E-state index in [4.69, 9.17) is 15.0 Å². The largest absolute Gasteiger partial charge is 0.256 e. The molecule has 13 aromatic rings. The van der Waals surface area contributed by atoms with Crippen LogP contribution in [0.25, 0.3) is 134 Å². The van der Waals surface area contributed by atoms with Crippen LogP contribution in [0.5, 0.6) is 0 Å². The molecule has 0 aliphatic rings. The summed E-state index contributed by atoms with van der Waals surface area (Å²) in [5.74, 6) is 0. The first-order valence-corrected chi connectivity index (χ1v) is 27.3. The molecule has 3 nitrogen and oxygen atoms in total. The molecule has 0 unspecified atom stereocenters. The van der Waals surface area contributed by atoms with E-state index >= 15 is 0 Å². The molecule has 0 atom stereocenters. The summed E-state index contributed by atoms with van der Waals surface area (Å²) in [6.45, 7) is 4.14. The average Bonchev–Trinajstić information content (AvgIpc) is 3.56. The van der Waals surface area contributed by atoms with E-state index in [0.29, 0.717) is 0 Å². The van der Waals surface area contributed by atoms with Gasteiger partial charge in [0.2, 0.25) is 0 Å². The first-order valence-electron chi connectivity index (χ1n) is 27.3. The number of rotatable bonds is 12. The van der Waals surface area contributed by atoms with Crippen molar-refractivity contribution >= 4 is 0 Å². The normalized spacial score (nSPS) is 11.1. The van der Waals surface area contributed by atoms with Crippen LogP contribution in [-0.2, 0) is 0 Å². The van der Waals surface area contributed by atoms with Gasteiger partial charge in [-0.15, -0.1) is 0 Å². The minimum atomic E-state index is 0.921. The Balaban J connectivity index is 0.899. The van der Waals surface area contributed by atoms with E-state index in [1.165, 1.54) is 11.1 Å². The molecule has 0 saturated heterocycles. The Hall–Kier alpha value is -10.4. The van der Waals surface area contributed by atoms with Crippen molar-refractivity contribution in [2.24, 2.45) is 0 Å². The quantitative estimate of drug-likeness (QED) is 0.122. The molecule has 0 radical (unpaired) electrons. The zero-order chi connectivity index (χ0) is 53.8. The standard InChI is InChI=1S/C77H55N3/c1-52-25-43-75(78-49-52)61-37-31-57(32-38-61)67-19-9-12-22-70(67)64-45-65(71-23-13-10-20-68(71)58-33-39-62(40-34-58)76-44-26-53(2)50-79-76)47-66(46-64)72-24-14-11-21-69(72)59-35-41-63(42-36-59)77-48-73(74(51-80-77)56-17-7-4-8-18-56)60-29-27-55(28-30-60)54-15-5-3-6-16-54/h3-51H,1-2H3. The molecular formula is C77H55N3. The van der Waals surface area contributed by atoms with Crippen molar-refractivity contribution in [3.8, 4) is 134 Å². The minimum Gasteiger partial charge on any atom is -0.256 e. The van der Waals surface area contributed by atoms with Gasteiger partial charge in [0.25, 0.3) is 0 Å². The van der Waals surface area contributed by atoms with E-state index in [9.17, 15) is 0 Å². The number of aryl methyl sites for hydroxylation is 2. The van der Waals surface area contributed by atoms with Crippen molar-refractivity contribution in [3.63, 3.8) is 0 Å². The Morgan fingerprint density at radius 1 is 0.175 bits per heavy atom. The van der Waals surface area contributed by atoms with Crippen LogP contribution in [0, 0.1) is 13.8 Å². The van der Waals surface area contributed by atoms with Crippen molar-refractivity contribution in [3.05, 3.63) is 309 Å². The molecule has 3 aromatic heterocycles. The zero-order valence-corrected chi connectivity index (χ0v) is 44.6. The van der Waals surface area contributed by atoms with Crippen molar-refractivity contribution in [1.29, 1.82) is 0 Å². The molecule has 80 heavy (non-hydrogen) atoms. The second kappa shape index (κ2) is 21.9. The summed E-state index contributed by atoms with van der Waals surface area (Å²) in [5, 5.41) is 0. The zero-order valence-electron chi connectivity index (χ0n) is 44.6. The number of pyridine rings is 3. The van der Waals surface area contributed by atoms with Crippen LogP contribution in [0.4, 0.5) is 0 Å². The third-order valence-electron chi connectivity index (χ3n) is 15.2. The van der Waals surface area contributed by atoms with E-state index in [2.05, 4.69) is 293 Å². The molecular weight excluding hydrogens is 967 g/mol. The van der Waals surface area contributed by atoms with Crippen molar-refractivity contribution < 1.29 is 0 Å². The van der Waals surface area contributed by atoms with Gasteiger partial charge in [0.05, 0.1) is 17.1 Å². The minimum absolute atomic E-state index is 0.921. The van der Waals surface area contributed by atoms with Crippen molar-refractivity contribution in [2.45, 2.75) is 13.8 Å². The summed E-state index contributed by atoms with van der Waals surface area (Å²) < 4.78 is 0. The van der Waals surface area contributed by atoms with Crippen LogP contribution in [-0.4, -0.2) is 15.0 Å². The third kappa shape index (κ3) is 10.2. The summed E-state index contributed by atoms with van der Waals surface area (Å²) in [7, 11) is 0. The lowest BCUT2D eigenvalue weighted by atomic mass is 9.86. The highest BCUT2D eigenvalue weighted by atomic mass is 14.7. The lowest BCUT2D eigenvalue weighted by Crippen LogP contribution is -1.93. The number of hydrogen-bond acceptors (Lipinski definition) is 3. The second-order valence-corrected chi connectivity index (χ2v) is 20.5. The van der Waals surface area contributed by atoms with Gasteiger partial charge in [-0.1, -0.05) is 243 Å². The summed E-state index contributed by atoms with van der Waals surface area (Å²) in [6.07, 6.45) is 5.89. The van der Waals surface area contributed by atoms with E-state index in [0.717, 1.165) is 134 Å². The molecule has 3 heterocycles. The van der Waals surface area contributed by atoms with Gasteiger partial charge < -0.3 is 0 Å². The topological polar surface area (TPSA) is 38.7 Å². The van der Waals surface area contributed by atoms with Gasteiger partial charge >= 0.3 is 0 Å².